The number of fused-ring (bicyclic) bond motifs is 5. The van der Waals surface area contributed by atoms with Gasteiger partial charge in [0, 0.05) is 11.0 Å². The number of methoxy groups -OCH3 is 1. The number of hydrogen-bond acceptors (Lipinski definition) is 12. The summed E-state index contributed by atoms with van der Waals surface area (Å²) in [4.78, 5) is 26.7. The molecule has 0 unspecified atom stereocenters. The van der Waals surface area contributed by atoms with E-state index in [0.717, 1.165) is 5.56 Å². The third kappa shape index (κ3) is 3.69. The van der Waals surface area contributed by atoms with E-state index in [0.29, 0.717) is 25.7 Å². The number of esters is 2. The molecule has 39 heavy (non-hydrogen) atoms. The minimum atomic E-state index is -1.61. The Labute approximate surface area is 225 Å². The van der Waals surface area contributed by atoms with Crippen LogP contribution in [0.3, 0.4) is 0 Å². The third-order valence-electron chi connectivity index (χ3n) is 10.4. The quantitative estimate of drug-likeness (QED) is 0.222. The van der Waals surface area contributed by atoms with Gasteiger partial charge in [0.2, 0.25) is 0 Å². The van der Waals surface area contributed by atoms with Crippen LogP contribution in [-0.2, 0) is 33.3 Å². The Bertz CT molecular complexity index is 1110. The largest absolute Gasteiger partial charge is 0.472 e. The highest BCUT2D eigenvalue weighted by molar-refractivity contribution is 5.86. The Balaban J connectivity index is 1.36. The molecular formula is C27H36O12. The molecule has 4 heterocycles. The summed E-state index contributed by atoms with van der Waals surface area (Å²) < 4.78 is 34.3. The van der Waals surface area contributed by atoms with Gasteiger partial charge in [-0.3, -0.25) is 4.79 Å². The fourth-order valence-electron chi connectivity index (χ4n) is 8.22. The standard InChI is InChI=1S/C27H36O12/c1-25-9-15(12-5-7-35-11-12)36-22(32)13(25)4-6-26(2)17(25)8-14(21-27(26,39-21)24(33)34-3)37-23-20(31)19(30)18(29)16(10-28)38-23/h5,7,11,13-21,23,28-31H,4,6,8-10H2,1-3H3/t13-,14-,15+,16-,17+,18-,19+,20-,21-,23-,25-,26-,27+/m1/s1. The van der Waals surface area contributed by atoms with Crippen LogP contribution in [0.5, 0.6) is 0 Å². The molecule has 0 aromatic carbocycles. The van der Waals surface area contributed by atoms with E-state index >= 15 is 0 Å². The lowest BCUT2D eigenvalue weighted by atomic mass is 9.43. The zero-order valence-corrected chi connectivity index (χ0v) is 22.1. The molecular weight excluding hydrogens is 516 g/mol. The molecule has 0 amide bonds. The fourth-order valence-corrected chi connectivity index (χ4v) is 8.22. The van der Waals surface area contributed by atoms with Crippen LogP contribution >= 0.6 is 0 Å². The number of furan rings is 1. The lowest BCUT2D eigenvalue weighted by molar-refractivity contribution is -0.317. The molecule has 0 radical (unpaired) electrons. The van der Waals surface area contributed by atoms with Crippen molar-refractivity contribution in [2.24, 2.45) is 22.7 Å². The van der Waals surface area contributed by atoms with Gasteiger partial charge in [-0.05, 0) is 43.1 Å². The van der Waals surface area contributed by atoms with Crippen LogP contribution in [0.15, 0.2) is 23.0 Å². The second-order valence-corrected chi connectivity index (χ2v) is 12.1. The molecule has 13 atom stereocenters. The second kappa shape index (κ2) is 9.23. The van der Waals surface area contributed by atoms with E-state index in [-0.39, 0.29) is 11.9 Å². The molecule has 5 aliphatic rings. The molecule has 4 N–H and O–H groups in total. The minimum absolute atomic E-state index is 0.265. The van der Waals surface area contributed by atoms with Gasteiger partial charge in [0.15, 0.2) is 11.9 Å². The molecule has 1 aromatic heterocycles. The average Bonchev–Trinajstić information content (AvgIpc) is 3.47. The molecule has 6 rings (SSSR count). The summed E-state index contributed by atoms with van der Waals surface area (Å²) in [6.07, 6.45) is -4.27. The predicted octanol–water partition coefficient (Wildman–Crippen LogP) is 0.206. The summed E-state index contributed by atoms with van der Waals surface area (Å²) in [5, 5.41) is 40.7. The first-order chi connectivity index (χ1) is 18.5. The molecule has 216 valence electrons. The van der Waals surface area contributed by atoms with E-state index in [1.54, 1.807) is 12.3 Å². The number of hydrogen-bond donors (Lipinski definition) is 4. The topological polar surface area (TPSA) is 178 Å². The summed E-state index contributed by atoms with van der Waals surface area (Å²) in [5.41, 5.74) is -1.88. The van der Waals surface area contributed by atoms with Crippen molar-refractivity contribution in [3.05, 3.63) is 24.2 Å². The monoisotopic (exact) mass is 552 g/mol. The lowest BCUT2D eigenvalue weighted by Gasteiger charge is -2.61. The van der Waals surface area contributed by atoms with Crippen LogP contribution in [0.1, 0.15) is 51.2 Å². The van der Waals surface area contributed by atoms with E-state index in [2.05, 4.69) is 0 Å². The van der Waals surface area contributed by atoms with Crippen LogP contribution in [0, 0.1) is 22.7 Å². The van der Waals surface area contributed by atoms with Gasteiger partial charge in [-0.1, -0.05) is 13.8 Å². The van der Waals surface area contributed by atoms with Crippen LogP contribution in [-0.4, -0.2) is 94.6 Å². The number of aliphatic hydroxyl groups excluding tert-OH is 4. The number of aliphatic hydroxyl groups is 4. The molecule has 12 heteroatoms. The number of ether oxygens (including phenoxy) is 5. The van der Waals surface area contributed by atoms with E-state index in [9.17, 15) is 30.0 Å². The SMILES string of the molecule is COC(=O)[C@@]12O[C@@H]1[C@H](O[C@@H]1O[C@H](CO)[C@@H](O)[C@H](O)[C@H]1O)C[C@H]1[C@]3(C)C[C@@H](c4ccoc4)OC(=O)[C@H]3CC[C@]12C. The van der Waals surface area contributed by atoms with Gasteiger partial charge in [0.05, 0.1) is 38.3 Å². The highest BCUT2D eigenvalue weighted by Gasteiger charge is 2.82. The van der Waals surface area contributed by atoms with Gasteiger partial charge in [0.1, 0.15) is 36.6 Å². The van der Waals surface area contributed by atoms with E-state index in [1.807, 2.05) is 13.8 Å². The van der Waals surface area contributed by atoms with E-state index < -0.39 is 83.9 Å². The molecule has 2 aliphatic carbocycles. The third-order valence-corrected chi connectivity index (χ3v) is 10.4. The summed E-state index contributed by atoms with van der Waals surface area (Å²) in [7, 11) is 1.30. The van der Waals surface area contributed by atoms with Crippen LogP contribution in [0.2, 0.25) is 0 Å². The number of carbonyl (C=O) groups is 2. The van der Waals surface area contributed by atoms with Crippen LogP contribution in [0.4, 0.5) is 0 Å². The van der Waals surface area contributed by atoms with Crippen molar-refractivity contribution in [1.82, 2.24) is 0 Å². The Morgan fingerprint density at radius 2 is 1.95 bits per heavy atom. The summed E-state index contributed by atoms with van der Waals surface area (Å²) in [5.74, 6) is -1.50. The molecule has 0 bridgehead atoms. The van der Waals surface area contributed by atoms with Gasteiger partial charge in [-0.25, -0.2) is 4.79 Å². The maximum atomic E-state index is 13.4. The number of rotatable bonds is 5. The first kappa shape index (κ1) is 27.1. The predicted molar refractivity (Wildman–Crippen MR) is 127 cm³/mol. The zero-order chi connectivity index (χ0) is 27.9. The highest BCUT2D eigenvalue weighted by atomic mass is 16.7. The Hall–Kier alpha value is -2.06. The van der Waals surface area contributed by atoms with Gasteiger partial charge in [0.25, 0.3) is 0 Å². The first-order valence-corrected chi connectivity index (χ1v) is 13.5. The molecule has 2 saturated carbocycles. The average molecular weight is 553 g/mol. The minimum Gasteiger partial charge on any atom is -0.472 e. The van der Waals surface area contributed by atoms with Crippen molar-refractivity contribution in [1.29, 1.82) is 0 Å². The second-order valence-electron chi connectivity index (χ2n) is 12.1. The highest BCUT2D eigenvalue weighted by Crippen LogP contribution is 2.72. The molecule has 3 saturated heterocycles. The Kier molecular flexibility index (Phi) is 6.42. The van der Waals surface area contributed by atoms with Gasteiger partial charge in [-0.15, -0.1) is 0 Å². The molecule has 5 fully saturated rings. The molecule has 12 nitrogen and oxygen atoms in total. The number of carbonyl (C=O) groups excluding carboxylic acids is 2. The van der Waals surface area contributed by atoms with Gasteiger partial charge < -0.3 is 48.5 Å². The van der Waals surface area contributed by atoms with Gasteiger partial charge >= 0.3 is 11.9 Å². The van der Waals surface area contributed by atoms with Crippen molar-refractivity contribution in [2.75, 3.05) is 13.7 Å². The Morgan fingerprint density at radius 1 is 1.18 bits per heavy atom. The van der Waals surface area contributed by atoms with Crippen molar-refractivity contribution < 1.29 is 58.1 Å². The summed E-state index contributed by atoms with van der Waals surface area (Å²) in [6, 6.07) is 1.77. The summed E-state index contributed by atoms with van der Waals surface area (Å²) >= 11 is 0. The molecule has 0 spiro atoms. The normalized spacial score (nSPS) is 50.7. The van der Waals surface area contributed by atoms with Crippen LogP contribution in [0.25, 0.3) is 0 Å². The smallest absolute Gasteiger partial charge is 0.341 e. The van der Waals surface area contributed by atoms with E-state index in [4.69, 9.17) is 28.1 Å². The van der Waals surface area contributed by atoms with Crippen molar-refractivity contribution in [2.45, 2.75) is 94.1 Å². The summed E-state index contributed by atoms with van der Waals surface area (Å²) in [6.45, 7) is 3.46. The van der Waals surface area contributed by atoms with Crippen molar-refractivity contribution in [3.63, 3.8) is 0 Å². The number of cyclic esters (lactones) is 1. The maximum absolute atomic E-state index is 13.4. The maximum Gasteiger partial charge on any atom is 0.341 e. The van der Waals surface area contributed by atoms with Gasteiger partial charge in [-0.2, -0.15) is 0 Å². The lowest BCUT2D eigenvalue weighted by Crippen LogP contribution is -2.66. The number of epoxide rings is 1. The van der Waals surface area contributed by atoms with E-state index in [1.165, 1.54) is 13.4 Å². The molecule has 1 aromatic rings. The van der Waals surface area contributed by atoms with Crippen molar-refractivity contribution >= 4 is 11.9 Å². The van der Waals surface area contributed by atoms with Crippen molar-refractivity contribution in [3.8, 4) is 0 Å². The zero-order valence-electron chi connectivity index (χ0n) is 22.1. The first-order valence-electron chi connectivity index (χ1n) is 13.5. The van der Waals surface area contributed by atoms with Crippen LogP contribution < -0.4 is 0 Å². The molecule has 3 aliphatic heterocycles. The Morgan fingerprint density at radius 3 is 2.62 bits per heavy atom. The fraction of sp³-hybridized carbons (Fsp3) is 0.778.